The number of carbonyl (C=O) groups excluding carboxylic acids is 3. The molecule has 1 fully saturated rings. The lowest BCUT2D eigenvalue weighted by Gasteiger charge is -2.24. The Morgan fingerprint density at radius 3 is 2.68 bits per heavy atom. The second kappa shape index (κ2) is 12.3. The first-order valence-electron chi connectivity index (χ1n) is 15.3. The van der Waals surface area contributed by atoms with Crippen LogP contribution in [0, 0.1) is 5.82 Å². The van der Waals surface area contributed by atoms with Crippen LogP contribution in [0.5, 0.6) is 0 Å². The number of amides is 3. The summed E-state index contributed by atoms with van der Waals surface area (Å²) in [5.74, 6) is -1.32. The molecule has 2 aromatic carbocycles. The lowest BCUT2D eigenvalue weighted by atomic mass is 10.0. The lowest BCUT2D eigenvalue weighted by Crippen LogP contribution is -2.44. The molecule has 0 aliphatic carbocycles. The Morgan fingerprint density at radius 1 is 1.00 bits per heavy atom. The van der Waals surface area contributed by atoms with Crippen LogP contribution in [0.15, 0.2) is 54.9 Å². The van der Waals surface area contributed by atoms with Crippen molar-refractivity contribution >= 4 is 34.3 Å². The number of rotatable bonds is 7. The van der Waals surface area contributed by atoms with Gasteiger partial charge in [0, 0.05) is 36.0 Å². The zero-order valence-corrected chi connectivity index (χ0v) is 25.1. The Balaban J connectivity index is 1.11. The van der Waals surface area contributed by atoms with Crippen molar-refractivity contribution in [3.05, 3.63) is 72.2 Å². The number of primary amides is 1. The van der Waals surface area contributed by atoms with E-state index in [1.165, 1.54) is 29.1 Å². The molecule has 13 nitrogen and oxygen atoms in total. The van der Waals surface area contributed by atoms with Crippen LogP contribution in [-0.2, 0) is 29.1 Å². The highest BCUT2D eigenvalue weighted by Gasteiger charge is 2.40. The molecule has 2 aliphatic rings. The Labute approximate surface area is 266 Å². The summed E-state index contributed by atoms with van der Waals surface area (Å²) < 4.78 is 33.0. The minimum atomic E-state index is -1.43. The van der Waals surface area contributed by atoms with Gasteiger partial charge in [0.1, 0.15) is 30.4 Å². The average Bonchev–Trinajstić information content (AvgIpc) is 3.72. The van der Waals surface area contributed by atoms with Crippen molar-refractivity contribution in [3.63, 3.8) is 0 Å². The summed E-state index contributed by atoms with van der Waals surface area (Å²) in [6.07, 6.45) is 5.17. The minimum Gasteiger partial charge on any atom is -0.364 e. The van der Waals surface area contributed by atoms with Gasteiger partial charge >= 0.3 is 0 Å². The summed E-state index contributed by atoms with van der Waals surface area (Å²) in [4.78, 5) is 40.5. The van der Waals surface area contributed by atoms with Crippen molar-refractivity contribution in [2.75, 3.05) is 11.9 Å². The summed E-state index contributed by atoms with van der Waals surface area (Å²) in [6, 6.07) is 9.94. The van der Waals surface area contributed by atoms with Crippen molar-refractivity contribution in [2.45, 2.75) is 57.4 Å². The fraction of sp³-hybridized carbons (Fsp3) is 0.312. The van der Waals surface area contributed by atoms with Crippen LogP contribution in [-0.4, -0.2) is 76.1 Å². The maximum absolute atomic E-state index is 15.0. The molecule has 2 atom stereocenters. The number of aromatic nitrogens is 7. The quantitative estimate of drug-likeness (QED) is 0.273. The van der Waals surface area contributed by atoms with Gasteiger partial charge in [-0.2, -0.15) is 15.3 Å². The summed E-state index contributed by atoms with van der Waals surface area (Å²) >= 11 is 0. The van der Waals surface area contributed by atoms with E-state index in [1.807, 2.05) is 4.57 Å². The third kappa shape index (κ3) is 5.79. The molecule has 7 rings (SSSR count). The van der Waals surface area contributed by atoms with Gasteiger partial charge in [0.25, 0.3) is 5.91 Å². The summed E-state index contributed by atoms with van der Waals surface area (Å²) in [6.45, 7) is 0.00818. The monoisotopic (exact) mass is 640 g/mol. The third-order valence-corrected chi connectivity index (χ3v) is 8.64. The predicted octanol–water partition coefficient (Wildman–Crippen LogP) is 3.29. The van der Waals surface area contributed by atoms with Gasteiger partial charge in [0.2, 0.25) is 11.8 Å². The van der Waals surface area contributed by atoms with E-state index in [0.29, 0.717) is 23.3 Å². The van der Waals surface area contributed by atoms with Crippen molar-refractivity contribution in [1.82, 2.24) is 39.6 Å². The Bertz CT molecular complexity index is 2010. The van der Waals surface area contributed by atoms with E-state index < -0.39 is 35.8 Å². The number of alkyl halides is 1. The average molecular weight is 641 g/mol. The molecule has 240 valence electrons. The molecule has 2 aliphatic heterocycles. The number of hydrogen-bond acceptors (Lipinski definition) is 8. The number of anilines is 1. The Hall–Kier alpha value is -5.60. The standard InChI is InChI=1S/C32H30F2N10O3/c33-20-13-26(32(47)38-21-6-7-24(34)22(14-21)31-40-39-27-4-2-1-3-11-42(27)31)43(16-20)28(45)17-44-25-8-5-18(19-9-10-36-37-15-19)12-23(25)29(41-44)30(35)46/h5-10,12,14-15,20,26H,1-4,11,13,16-17H2,(H2,35,46)(H,38,47). The van der Waals surface area contributed by atoms with Crippen LogP contribution in [0.2, 0.25) is 0 Å². The molecule has 5 aromatic rings. The molecule has 3 N–H and O–H groups in total. The normalized spacial score (nSPS) is 17.8. The predicted molar refractivity (Wildman–Crippen MR) is 166 cm³/mol. The van der Waals surface area contributed by atoms with Crippen LogP contribution in [0.3, 0.4) is 0 Å². The number of carbonyl (C=O) groups is 3. The number of likely N-dealkylation sites (tertiary alicyclic amines) is 1. The molecular weight excluding hydrogens is 610 g/mol. The molecule has 5 heterocycles. The summed E-state index contributed by atoms with van der Waals surface area (Å²) in [5, 5.41) is 23.6. The van der Waals surface area contributed by atoms with Crippen LogP contribution in [0.1, 0.15) is 42.0 Å². The molecule has 1 saturated heterocycles. The SMILES string of the molecule is NC(=O)c1nn(CC(=O)N2CC(F)CC2C(=O)Nc2ccc(F)c(-c3nnc4n3CCCCC4)c2)c2ccc(-c3ccnnc3)cc12. The Morgan fingerprint density at radius 2 is 1.87 bits per heavy atom. The van der Waals surface area contributed by atoms with Gasteiger partial charge in [-0.15, -0.1) is 10.2 Å². The van der Waals surface area contributed by atoms with Gasteiger partial charge in [0.05, 0.1) is 30.0 Å². The molecule has 2 unspecified atom stereocenters. The van der Waals surface area contributed by atoms with Gasteiger partial charge < -0.3 is 20.5 Å². The molecule has 0 bridgehead atoms. The first-order chi connectivity index (χ1) is 22.8. The smallest absolute Gasteiger partial charge is 0.269 e. The number of benzene rings is 2. The fourth-order valence-electron chi connectivity index (χ4n) is 6.33. The highest BCUT2D eigenvalue weighted by molar-refractivity contribution is 6.05. The fourth-order valence-corrected chi connectivity index (χ4v) is 6.33. The lowest BCUT2D eigenvalue weighted by molar-refractivity contribution is -0.137. The van der Waals surface area contributed by atoms with Gasteiger partial charge in [-0.05, 0) is 54.8 Å². The third-order valence-electron chi connectivity index (χ3n) is 8.64. The second-order valence-electron chi connectivity index (χ2n) is 11.7. The first kappa shape index (κ1) is 30.1. The van der Waals surface area contributed by atoms with E-state index in [-0.39, 0.29) is 36.5 Å². The van der Waals surface area contributed by atoms with Gasteiger partial charge in [0.15, 0.2) is 11.5 Å². The molecule has 15 heteroatoms. The van der Waals surface area contributed by atoms with E-state index in [9.17, 15) is 18.8 Å². The molecule has 0 radical (unpaired) electrons. The molecule has 0 spiro atoms. The van der Waals surface area contributed by atoms with E-state index in [1.54, 1.807) is 30.5 Å². The minimum absolute atomic E-state index is 0.0348. The van der Waals surface area contributed by atoms with Crippen LogP contribution in [0.25, 0.3) is 33.4 Å². The topological polar surface area (TPSA) is 167 Å². The van der Waals surface area contributed by atoms with Crippen molar-refractivity contribution in [3.8, 4) is 22.5 Å². The molecular formula is C32H30F2N10O3. The number of nitrogens with one attached hydrogen (secondary N) is 1. The molecule has 47 heavy (non-hydrogen) atoms. The van der Waals surface area contributed by atoms with Crippen LogP contribution >= 0.6 is 0 Å². The van der Waals surface area contributed by atoms with Gasteiger partial charge in [-0.3, -0.25) is 19.1 Å². The van der Waals surface area contributed by atoms with E-state index >= 15 is 4.39 Å². The van der Waals surface area contributed by atoms with E-state index in [4.69, 9.17) is 5.73 Å². The zero-order chi connectivity index (χ0) is 32.7. The maximum atomic E-state index is 15.0. The van der Waals surface area contributed by atoms with Crippen LogP contribution in [0.4, 0.5) is 14.5 Å². The molecule has 0 saturated carbocycles. The maximum Gasteiger partial charge on any atom is 0.269 e. The summed E-state index contributed by atoms with van der Waals surface area (Å²) in [7, 11) is 0. The number of nitrogens with two attached hydrogens (primary N) is 1. The number of hydrogen-bond donors (Lipinski definition) is 2. The highest BCUT2D eigenvalue weighted by Crippen LogP contribution is 2.30. The molecule has 3 aromatic heterocycles. The van der Waals surface area contributed by atoms with Crippen molar-refractivity contribution < 1.29 is 23.2 Å². The Kier molecular flexibility index (Phi) is 7.87. The second-order valence-corrected chi connectivity index (χ2v) is 11.7. The van der Waals surface area contributed by atoms with Crippen LogP contribution < -0.4 is 11.1 Å². The van der Waals surface area contributed by atoms with Gasteiger partial charge in [-0.25, -0.2) is 8.78 Å². The number of nitrogens with zero attached hydrogens (tertiary/aromatic N) is 8. The molecule has 3 amide bonds. The first-order valence-corrected chi connectivity index (χ1v) is 15.3. The van der Waals surface area contributed by atoms with E-state index in [0.717, 1.165) is 47.5 Å². The van der Waals surface area contributed by atoms with Gasteiger partial charge in [-0.1, -0.05) is 12.5 Å². The van der Waals surface area contributed by atoms with E-state index in [2.05, 4.69) is 30.8 Å². The van der Waals surface area contributed by atoms with Crippen molar-refractivity contribution in [1.29, 1.82) is 0 Å². The van der Waals surface area contributed by atoms with Crippen molar-refractivity contribution in [2.24, 2.45) is 5.73 Å². The zero-order valence-electron chi connectivity index (χ0n) is 25.1. The largest absolute Gasteiger partial charge is 0.364 e. The highest BCUT2D eigenvalue weighted by atomic mass is 19.1. The number of aryl methyl sites for hydroxylation is 1. The summed E-state index contributed by atoms with van der Waals surface area (Å²) in [5.41, 5.74) is 7.99. The number of fused-ring (bicyclic) bond motifs is 2. The number of halogens is 2.